The summed E-state index contributed by atoms with van der Waals surface area (Å²) < 4.78 is 41.1. The Morgan fingerprint density at radius 2 is 1.66 bits per heavy atom. The lowest BCUT2D eigenvalue weighted by Crippen LogP contribution is -2.52. The third kappa shape index (κ3) is 8.26. The number of hydrogen-bond donors (Lipinski definition) is 5. The van der Waals surface area contributed by atoms with E-state index < -0.39 is 22.0 Å². The Labute approximate surface area is 288 Å². The number of amides is 4. The van der Waals surface area contributed by atoms with E-state index >= 15 is 0 Å². The number of sulfonamides is 1. The van der Waals surface area contributed by atoms with Crippen molar-refractivity contribution in [3.8, 4) is 0 Å². The molecule has 0 saturated heterocycles. The summed E-state index contributed by atoms with van der Waals surface area (Å²) in [5.41, 5.74) is 4.40. The van der Waals surface area contributed by atoms with Crippen LogP contribution in [0.5, 0.6) is 0 Å². The van der Waals surface area contributed by atoms with Crippen molar-refractivity contribution in [2.24, 2.45) is 0 Å². The van der Waals surface area contributed by atoms with Gasteiger partial charge < -0.3 is 24.7 Å². The molecule has 3 aromatic rings. The van der Waals surface area contributed by atoms with Gasteiger partial charge in [-0.25, -0.2) is 13.9 Å². The highest BCUT2D eigenvalue weighted by atomic mass is 32.2. The second kappa shape index (κ2) is 16.2. The number of aromatic nitrogens is 1. The summed E-state index contributed by atoms with van der Waals surface area (Å²) in [7, 11) is -4.19. The van der Waals surface area contributed by atoms with Crippen LogP contribution in [-0.2, 0) is 58.2 Å². The first-order valence-corrected chi connectivity index (χ1v) is 17.3. The van der Waals surface area contributed by atoms with Gasteiger partial charge in [-0.15, -0.1) is 0 Å². The summed E-state index contributed by atoms with van der Waals surface area (Å²) in [6, 6.07) is 12.3. The van der Waals surface area contributed by atoms with Crippen LogP contribution in [0, 0.1) is 12.3 Å². The van der Waals surface area contributed by atoms with Crippen LogP contribution in [0.1, 0.15) is 16.8 Å². The van der Waals surface area contributed by atoms with Crippen LogP contribution < -0.4 is 16.1 Å². The molecule has 1 atom stereocenters. The Balaban J connectivity index is 1.14. The molecule has 16 nitrogen and oxygen atoms in total. The first kappa shape index (κ1) is 36.3. The number of nitrogens with one attached hydrogen (secondary N) is 4. The van der Waals surface area contributed by atoms with E-state index in [-0.39, 0.29) is 94.0 Å². The number of amidine groups is 1. The maximum Gasteiger partial charge on any atom is 0.262 e. The number of carbonyl (C=O) groups excluding carboxylic acids is 4. The quantitative estimate of drug-likeness (QED) is 0.0781. The first-order valence-electron chi connectivity index (χ1n) is 15.9. The summed E-state index contributed by atoms with van der Waals surface area (Å²) in [6.07, 6.45) is 2.72. The van der Waals surface area contributed by atoms with Gasteiger partial charge in [-0.05, 0) is 36.8 Å². The van der Waals surface area contributed by atoms with Crippen molar-refractivity contribution in [1.82, 2.24) is 29.9 Å². The smallest absolute Gasteiger partial charge is 0.262 e. The number of para-hydroxylation sites is 1. The van der Waals surface area contributed by atoms with E-state index in [4.69, 9.17) is 14.9 Å². The summed E-state index contributed by atoms with van der Waals surface area (Å²) in [5, 5.41) is 23.3. The lowest BCUT2D eigenvalue weighted by atomic mass is 9.98. The van der Waals surface area contributed by atoms with Crippen LogP contribution in [0.25, 0.3) is 10.9 Å². The van der Waals surface area contributed by atoms with E-state index in [9.17, 15) is 32.8 Å². The molecule has 4 amide bonds. The van der Waals surface area contributed by atoms with Gasteiger partial charge in [0.1, 0.15) is 25.0 Å². The molecule has 0 bridgehead atoms. The highest BCUT2D eigenvalue weighted by molar-refractivity contribution is 7.89. The molecule has 0 radical (unpaired) electrons. The van der Waals surface area contributed by atoms with E-state index in [1.807, 2.05) is 25.1 Å². The summed E-state index contributed by atoms with van der Waals surface area (Å²) >= 11 is 0. The van der Waals surface area contributed by atoms with Gasteiger partial charge in [0.25, 0.3) is 11.8 Å². The summed E-state index contributed by atoms with van der Waals surface area (Å²) in [5.74, 6) is -1.77. The zero-order valence-electron chi connectivity index (χ0n) is 27.4. The minimum Gasteiger partial charge on any atom is -0.377 e. The zero-order valence-corrected chi connectivity index (χ0v) is 28.2. The molecule has 2 aliphatic heterocycles. The number of nitrogens with zero attached hydrogens (tertiary/aromatic N) is 3. The van der Waals surface area contributed by atoms with Gasteiger partial charge in [0.2, 0.25) is 21.8 Å². The molecule has 1 unspecified atom stereocenters. The Bertz CT molecular complexity index is 1890. The number of carbonyl (C=O) groups is 4. The maximum absolute atomic E-state index is 13.8. The van der Waals surface area contributed by atoms with Crippen LogP contribution in [-0.4, -0.2) is 109 Å². The molecular formula is C33H39N7O9S. The summed E-state index contributed by atoms with van der Waals surface area (Å²) in [6.45, 7) is 2.34. The fourth-order valence-corrected chi connectivity index (χ4v) is 7.39. The topological polar surface area (TPSA) is 212 Å². The van der Waals surface area contributed by atoms with E-state index in [1.165, 1.54) is 29.2 Å². The highest BCUT2D eigenvalue weighted by Crippen LogP contribution is 2.36. The highest BCUT2D eigenvalue weighted by Gasteiger charge is 2.42. The molecule has 0 aliphatic carbocycles. The van der Waals surface area contributed by atoms with Crippen LogP contribution in [0.3, 0.4) is 0 Å². The fraction of sp³-hybridized carbons (Fsp3) is 0.364. The molecule has 17 heteroatoms. The SMILES string of the molecule is Cc1ccc(S(=O)(=O)N2Cc3c(c4ccccc4n3CC(=O)NCCNC(=O)COCCOCCN3C(=N)C=CC3=O)CC2C(=O)NO)cc1. The van der Waals surface area contributed by atoms with Crippen molar-refractivity contribution in [3.05, 3.63) is 77.5 Å². The van der Waals surface area contributed by atoms with Crippen LogP contribution in [0.15, 0.2) is 65.6 Å². The second-order valence-corrected chi connectivity index (χ2v) is 13.6. The normalized spacial score (nSPS) is 16.1. The minimum atomic E-state index is -4.19. The number of fused-ring (bicyclic) bond motifs is 3. The van der Waals surface area contributed by atoms with Gasteiger partial charge in [-0.3, -0.25) is 34.7 Å². The number of benzene rings is 2. The van der Waals surface area contributed by atoms with Crippen molar-refractivity contribution in [2.75, 3.05) is 46.1 Å². The Morgan fingerprint density at radius 1 is 0.960 bits per heavy atom. The van der Waals surface area contributed by atoms with E-state index in [0.29, 0.717) is 16.8 Å². The van der Waals surface area contributed by atoms with Crippen molar-refractivity contribution >= 4 is 50.4 Å². The largest absolute Gasteiger partial charge is 0.377 e. The number of rotatable bonds is 16. The van der Waals surface area contributed by atoms with Crippen molar-refractivity contribution < 1.29 is 42.3 Å². The molecule has 0 spiro atoms. The Kier molecular flexibility index (Phi) is 11.8. The number of hydrogen-bond acceptors (Lipinski definition) is 10. The molecular weight excluding hydrogens is 670 g/mol. The first-order chi connectivity index (χ1) is 24.0. The van der Waals surface area contributed by atoms with Crippen molar-refractivity contribution in [1.29, 1.82) is 5.41 Å². The Hall–Kier alpha value is -4.94. The molecule has 2 aromatic carbocycles. The predicted octanol–water partition coefficient (Wildman–Crippen LogP) is 0.212. The molecule has 5 rings (SSSR count). The standard InChI is InChI=1S/C33H39N7O9S/c1-22-6-8-23(9-7-22)50(46,47)40-19-28-25(18-27(40)33(44)37-45)24-4-2-3-5-26(24)39(28)20-30(41)35-12-13-36-31(42)21-49-17-16-48-15-14-38-29(34)10-11-32(38)43/h2-11,27,34,45H,12-21H2,1H3,(H,35,41)(H,36,42)(H,37,44). The molecule has 0 saturated carbocycles. The summed E-state index contributed by atoms with van der Waals surface area (Å²) in [4.78, 5) is 50.9. The monoisotopic (exact) mass is 709 g/mol. The molecule has 1 aromatic heterocycles. The Morgan fingerprint density at radius 3 is 2.36 bits per heavy atom. The van der Waals surface area contributed by atoms with Gasteiger partial charge in [0, 0.05) is 42.2 Å². The molecule has 266 valence electrons. The maximum atomic E-state index is 13.8. The average molecular weight is 710 g/mol. The van der Waals surface area contributed by atoms with Crippen LogP contribution in [0.4, 0.5) is 0 Å². The van der Waals surface area contributed by atoms with E-state index in [0.717, 1.165) is 15.3 Å². The van der Waals surface area contributed by atoms with Gasteiger partial charge in [0.05, 0.1) is 37.8 Å². The van der Waals surface area contributed by atoms with Crippen LogP contribution >= 0.6 is 0 Å². The molecule has 3 heterocycles. The van der Waals surface area contributed by atoms with Gasteiger partial charge in [-0.1, -0.05) is 35.9 Å². The van der Waals surface area contributed by atoms with Crippen molar-refractivity contribution in [2.45, 2.75) is 37.4 Å². The molecule has 0 fully saturated rings. The lowest BCUT2D eigenvalue weighted by molar-refractivity contribution is -0.133. The number of hydroxylamine groups is 1. The van der Waals surface area contributed by atoms with Gasteiger partial charge in [0.15, 0.2) is 0 Å². The zero-order chi connectivity index (χ0) is 35.8. The molecule has 5 N–H and O–H groups in total. The number of ether oxygens (including phenoxy) is 2. The molecule has 50 heavy (non-hydrogen) atoms. The fourth-order valence-electron chi connectivity index (χ4n) is 5.84. The predicted molar refractivity (Wildman–Crippen MR) is 180 cm³/mol. The van der Waals surface area contributed by atoms with Crippen LogP contribution in [0.2, 0.25) is 0 Å². The second-order valence-electron chi connectivity index (χ2n) is 11.7. The lowest BCUT2D eigenvalue weighted by Gasteiger charge is -2.34. The third-order valence-corrected chi connectivity index (χ3v) is 10.2. The average Bonchev–Trinajstić information content (AvgIpc) is 3.59. The minimum absolute atomic E-state index is 0.00378. The molecule has 2 aliphatic rings. The van der Waals surface area contributed by atoms with Gasteiger partial charge in [-0.2, -0.15) is 4.31 Å². The van der Waals surface area contributed by atoms with Crippen molar-refractivity contribution in [3.63, 3.8) is 0 Å². The van der Waals surface area contributed by atoms with E-state index in [1.54, 1.807) is 28.2 Å². The van der Waals surface area contributed by atoms with E-state index in [2.05, 4.69) is 10.6 Å². The van der Waals surface area contributed by atoms with Gasteiger partial charge >= 0.3 is 0 Å². The third-order valence-electron chi connectivity index (χ3n) is 8.36. The number of aryl methyl sites for hydroxylation is 1.